The standard InChI is InChI=1S/C21H31N5S/c1-4-22-21(24-15-20-23-14-16(2)27-20)25-19-10-12-26(13-11-19)17(3)18-8-6-5-7-9-18/h5-9,14,17,19H,4,10-13,15H2,1-3H3,(H2,22,24,25). The number of aryl methyl sites for hydroxylation is 1. The van der Waals surface area contributed by atoms with E-state index in [4.69, 9.17) is 4.99 Å². The van der Waals surface area contributed by atoms with Crippen LogP contribution in [0, 0.1) is 6.92 Å². The number of hydrogen-bond acceptors (Lipinski definition) is 4. The van der Waals surface area contributed by atoms with Gasteiger partial charge in [-0.3, -0.25) is 4.90 Å². The lowest BCUT2D eigenvalue weighted by Gasteiger charge is -2.37. The second-order valence-electron chi connectivity index (χ2n) is 7.10. The SMILES string of the molecule is CCNC(=NCc1ncc(C)s1)NC1CCN(C(C)c2ccccc2)CC1. The summed E-state index contributed by atoms with van der Waals surface area (Å²) >= 11 is 1.71. The lowest BCUT2D eigenvalue weighted by molar-refractivity contribution is 0.158. The molecule has 5 nitrogen and oxygen atoms in total. The molecule has 0 bridgehead atoms. The molecule has 1 aliphatic heterocycles. The van der Waals surface area contributed by atoms with Crippen molar-refractivity contribution in [2.75, 3.05) is 19.6 Å². The molecule has 0 radical (unpaired) electrons. The van der Waals surface area contributed by atoms with Gasteiger partial charge in [0.25, 0.3) is 0 Å². The molecule has 1 aromatic carbocycles. The van der Waals surface area contributed by atoms with Gasteiger partial charge in [0.05, 0.1) is 6.54 Å². The van der Waals surface area contributed by atoms with E-state index in [-0.39, 0.29) is 0 Å². The van der Waals surface area contributed by atoms with Gasteiger partial charge in [-0.25, -0.2) is 9.98 Å². The Bertz CT molecular complexity index is 719. The number of aliphatic imine (C=N–C) groups is 1. The van der Waals surface area contributed by atoms with Gasteiger partial charge in [-0.2, -0.15) is 0 Å². The maximum atomic E-state index is 4.72. The zero-order valence-electron chi connectivity index (χ0n) is 16.6. The van der Waals surface area contributed by atoms with Gasteiger partial charge in [0.1, 0.15) is 5.01 Å². The van der Waals surface area contributed by atoms with Crippen LogP contribution >= 0.6 is 11.3 Å². The van der Waals surface area contributed by atoms with Crippen molar-refractivity contribution in [2.24, 2.45) is 4.99 Å². The van der Waals surface area contributed by atoms with E-state index < -0.39 is 0 Å². The van der Waals surface area contributed by atoms with Crippen LogP contribution in [0.1, 0.15) is 48.2 Å². The molecule has 2 N–H and O–H groups in total. The summed E-state index contributed by atoms with van der Waals surface area (Å²) in [5.41, 5.74) is 1.40. The minimum atomic E-state index is 0.472. The molecule has 1 aromatic heterocycles. The molecule has 1 aliphatic rings. The maximum Gasteiger partial charge on any atom is 0.191 e. The minimum Gasteiger partial charge on any atom is -0.357 e. The van der Waals surface area contributed by atoms with Gasteiger partial charge in [-0.1, -0.05) is 30.3 Å². The van der Waals surface area contributed by atoms with Crippen LogP contribution in [0.5, 0.6) is 0 Å². The number of benzene rings is 1. The largest absolute Gasteiger partial charge is 0.357 e. The second-order valence-corrected chi connectivity index (χ2v) is 8.42. The van der Waals surface area contributed by atoms with Crippen LogP contribution in [0.3, 0.4) is 0 Å². The molecule has 1 fully saturated rings. The van der Waals surface area contributed by atoms with Gasteiger partial charge in [-0.05, 0) is 39.2 Å². The number of nitrogens with zero attached hydrogens (tertiary/aromatic N) is 3. The first-order valence-corrected chi connectivity index (χ1v) is 10.7. The van der Waals surface area contributed by atoms with Crippen LogP contribution in [0.25, 0.3) is 0 Å². The Kier molecular flexibility index (Phi) is 7.24. The maximum absolute atomic E-state index is 4.72. The number of guanidine groups is 1. The first-order chi connectivity index (χ1) is 13.2. The van der Waals surface area contributed by atoms with Crippen LogP contribution in [-0.2, 0) is 6.54 Å². The van der Waals surface area contributed by atoms with E-state index in [2.05, 4.69) is 71.6 Å². The predicted molar refractivity (Wildman–Crippen MR) is 114 cm³/mol. The number of hydrogen-bond donors (Lipinski definition) is 2. The fourth-order valence-electron chi connectivity index (χ4n) is 3.51. The Balaban J connectivity index is 1.51. The minimum absolute atomic E-state index is 0.472. The first-order valence-electron chi connectivity index (χ1n) is 9.91. The number of rotatable bonds is 6. The summed E-state index contributed by atoms with van der Waals surface area (Å²) in [6.45, 7) is 10.2. The number of nitrogens with one attached hydrogen (secondary N) is 2. The summed E-state index contributed by atoms with van der Waals surface area (Å²) in [5, 5.41) is 8.06. The molecule has 1 saturated heterocycles. The lowest BCUT2D eigenvalue weighted by Crippen LogP contribution is -2.49. The molecular weight excluding hydrogens is 354 g/mol. The van der Waals surface area contributed by atoms with Gasteiger partial charge in [0, 0.05) is 42.8 Å². The molecule has 0 amide bonds. The van der Waals surface area contributed by atoms with Gasteiger partial charge in [0.2, 0.25) is 0 Å². The van der Waals surface area contributed by atoms with Crippen molar-refractivity contribution >= 4 is 17.3 Å². The van der Waals surface area contributed by atoms with Crippen LogP contribution < -0.4 is 10.6 Å². The van der Waals surface area contributed by atoms with Crippen molar-refractivity contribution in [3.05, 3.63) is 52.0 Å². The van der Waals surface area contributed by atoms with Crippen LogP contribution in [-0.4, -0.2) is 41.5 Å². The number of aromatic nitrogens is 1. The van der Waals surface area contributed by atoms with Crippen molar-refractivity contribution in [2.45, 2.75) is 52.2 Å². The first kappa shape index (κ1) is 19.8. The summed E-state index contributed by atoms with van der Waals surface area (Å²) in [7, 11) is 0. The van der Waals surface area contributed by atoms with Crippen molar-refractivity contribution in [3.63, 3.8) is 0 Å². The molecular formula is C21H31N5S. The topological polar surface area (TPSA) is 52.6 Å². The van der Waals surface area contributed by atoms with Gasteiger partial charge in [0.15, 0.2) is 5.96 Å². The number of thiazole rings is 1. The second kappa shape index (κ2) is 9.85. The highest BCUT2D eigenvalue weighted by Gasteiger charge is 2.24. The highest BCUT2D eigenvalue weighted by molar-refractivity contribution is 7.11. The Morgan fingerprint density at radius 3 is 2.67 bits per heavy atom. The van der Waals surface area contributed by atoms with E-state index in [0.717, 1.165) is 43.4 Å². The third-order valence-corrected chi connectivity index (χ3v) is 5.98. The van der Waals surface area contributed by atoms with Crippen LogP contribution in [0.2, 0.25) is 0 Å². The van der Waals surface area contributed by atoms with Crippen molar-refractivity contribution in [3.8, 4) is 0 Å². The van der Waals surface area contributed by atoms with E-state index in [1.165, 1.54) is 10.4 Å². The monoisotopic (exact) mass is 385 g/mol. The third kappa shape index (κ3) is 5.78. The van der Waals surface area contributed by atoms with Crippen molar-refractivity contribution in [1.29, 1.82) is 0 Å². The molecule has 3 rings (SSSR count). The highest BCUT2D eigenvalue weighted by Crippen LogP contribution is 2.24. The molecule has 2 heterocycles. The fraction of sp³-hybridized carbons (Fsp3) is 0.524. The Morgan fingerprint density at radius 2 is 2.04 bits per heavy atom. The number of likely N-dealkylation sites (tertiary alicyclic amines) is 1. The third-order valence-electron chi connectivity index (χ3n) is 5.09. The smallest absolute Gasteiger partial charge is 0.191 e. The van der Waals surface area contributed by atoms with E-state index in [1.54, 1.807) is 11.3 Å². The Hall–Kier alpha value is -1.92. The zero-order chi connectivity index (χ0) is 19.1. The molecule has 2 aromatic rings. The molecule has 146 valence electrons. The van der Waals surface area contributed by atoms with Crippen LogP contribution in [0.4, 0.5) is 0 Å². The fourth-order valence-corrected chi connectivity index (χ4v) is 4.22. The lowest BCUT2D eigenvalue weighted by atomic mass is 10.0. The van der Waals surface area contributed by atoms with Crippen molar-refractivity contribution in [1.82, 2.24) is 20.5 Å². The van der Waals surface area contributed by atoms with E-state index in [0.29, 0.717) is 18.6 Å². The van der Waals surface area contributed by atoms with Gasteiger partial charge < -0.3 is 10.6 Å². The predicted octanol–water partition coefficient (Wildman–Crippen LogP) is 3.73. The molecule has 0 spiro atoms. The van der Waals surface area contributed by atoms with Gasteiger partial charge in [-0.15, -0.1) is 11.3 Å². The molecule has 6 heteroatoms. The summed E-state index contributed by atoms with van der Waals surface area (Å²) in [4.78, 5) is 12.9. The van der Waals surface area contributed by atoms with Gasteiger partial charge >= 0.3 is 0 Å². The summed E-state index contributed by atoms with van der Waals surface area (Å²) in [6.07, 6.45) is 4.19. The quantitative estimate of drug-likeness (QED) is 0.588. The summed E-state index contributed by atoms with van der Waals surface area (Å²) < 4.78 is 0. The Labute approximate surface area is 166 Å². The van der Waals surface area contributed by atoms with E-state index in [1.807, 2.05) is 6.20 Å². The molecule has 0 aliphatic carbocycles. The van der Waals surface area contributed by atoms with Crippen LogP contribution in [0.15, 0.2) is 41.5 Å². The zero-order valence-corrected chi connectivity index (χ0v) is 17.4. The average molecular weight is 386 g/mol. The average Bonchev–Trinajstić information content (AvgIpc) is 3.12. The van der Waals surface area contributed by atoms with E-state index in [9.17, 15) is 0 Å². The van der Waals surface area contributed by atoms with Crippen molar-refractivity contribution < 1.29 is 0 Å². The van der Waals surface area contributed by atoms with E-state index >= 15 is 0 Å². The normalized spacial score (nSPS) is 17.7. The molecule has 0 saturated carbocycles. The molecule has 27 heavy (non-hydrogen) atoms. The molecule has 1 unspecified atom stereocenters. The summed E-state index contributed by atoms with van der Waals surface area (Å²) in [6, 6.07) is 11.7. The highest BCUT2D eigenvalue weighted by atomic mass is 32.1. The summed E-state index contributed by atoms with van der Waals surface area (Å²) in [5.74, 6) is 0.903. The Morgan fingerprint density at radius 1 is 1.30 bits per heavy atom. The number of piperidine rings is 1. The molecule has 1 atom stereocenters.